The maximum Gasteiger partial charge on any atom is 0.253 e. The number of thiazole rings is 1. The SMILES string of the molecule is O=C(CSc1nnc(CNC(=O)c2ccc(Cl)cc2Cl)n1-c1ccc(Cl)c(Cl)c1)Nc1nc2ccccc2s1. The second-order valence-corrected chi connectivity index (χ2v) is 11.6. The molecule has 2 heterocycles. The molecule has 14 heteroatoms. The summed E-state index contributed by atoms with van der Waals surface area (Å²) in [6.45, 7) is 0.0174. The quantitative estimate of drug-likeness (QED) is 0.175. The number of rotatable bonds is 8. The van der Waals surface area contributed by atoms with Gasteiger partial charge in [-0.05, 0) is 48.5 Å². The van der Waals surface area contributed by atoms with E-state index in [2.05, 4.69) is 25.8 Å². The number of anilines is 1. The molecule has 0 saturated carbocycles. The van der Waals surface area contributed by atoms with Gasteiger partial charge in [-0.15, -0.1) is 10.2 Å². The van der Waals surface area contributed by atoms with E-state index in [9.17, 15) is 9.59 Å². The molecular formula is C25H16Cl4N6O2S2. The molecule has 0 bridgehead atoms. The fourth-order valence-corrected chi connectivity index (χ4v) is 5.97. The summed E-state index contributed by atoms with van der Waals surface area (Å²) in [6.07, 6.45) is 0. The Balaban J connectivity index is 1.34. The van der Waals surface area contributed by atoms with Gasteiger partial charge in [-0.3, -0.25) is 14.2 Å². The Hall–Kier alpha value is -2.86. The van der Waals surface area contributed by atoms with Crippen LogP contribution in [0.4, 0.5) is 5.13 Å². The van der Waals surface area contributed by atoms with Crippen molar-refractivity contribution in [2.75, 3.05) is 11.1 Å². The van der Waals surface area contributed by atoms with Crippen molar-refractivity contribution in [3.05, 3.63) is 92.1 Å². The number of benzene rings is 3. The van der Waals surface area contributed by atoms with E-state index in [1.807, 2.05) is 24.3 Å². The molecule has 2 amide bonds. The molecule has 0 spiro atoms. The molecule has 198 valence electrons. The number of amides is 2. The number of halogens is 4. The van der Waals surface area contributed by atoms with Crippen molar-refractivity contribution >= 4 is 96.7 Å². The molecule has 0 radical (unpaired) electrons. The van der Waals surface area contributed by atoms with Crippen LogP contribution >= 0.6 is 69.5 Å². The van der Waals surface area contributed by atoms with Crippen LogP contribution < -0.4 is 10.6 Å². The fraction of sp³-hybridized carbons (Fsp3) is 0.0800. The first-order chi connectivity index (χ1) is 18.8. The first-order valence-corrected chi connectivity index (χ1v) is 14.5. The first-order valence-electron chi connectivity index (χ1n) is 11.2. The number of nitrogens with one attached hydrogen (secondary N) is 2. The maximum atomic E-state index is 12.8. The third-order valence-electron chi connectivity index (χ3n) is 5.32. The number of carbonyl (C=O) groups is 2. The van der Waals surface area contributed by atoms with Gasteiger partial charge in [0.1, 0.15) is 0 Å². The summed E-state index contributed by atoms with van der Waals surface area (Å²) in [7, 11) is 0. The second kappa shape index (κ2) is 12.1. The Bertz CT molecular complexity index is 1670. The lowest BCUT2D eigenvalue weighted by Crippen LogP contribution is -2.25. The smallest absolute Gasteiger partial charge is 0.253 e. The van der Waals surface area contributed by atoms with Gasteiger partial charge in [0.05, 0.1) is 48.8 Å². The van der Waals surface area contributed by atoms with E-state index in [0.717, 1.165) is 10.2 Å². The Labute approximate surface area is 250 Å². The van der Waals surface area contributed by atoms with Gasteiger partial charge in [0.15, 0.2) is 16.1 Å². The lowest BCUT2D eigenvalue weighted by atomic mass is 10.2. The zero-order valence-electron chi connectivity index (χ0n) is 19.6. The van der Waals surface area contributed by atoms with E-state index < -0.39 is 5.91 Å². The summed E-state index contributed by atoms with van der Waals surface area (Å²) in [5.74, 6) is -0.220. The summed E-state index contributed by atoms with van der Waals surface area (Å²) in [5, 5.41) is 16.4. The average molecular weight is 638 g/mol. The third kappa shape index (κ3) is 6.49. The zero-order valence-corrected chi connectivity index (χ0v) is 24.3. The predicted molar refractivity (Wildman–Crippen MR) is 158 cm³/mol. The Morgan fingerprint density at radius 2 is 1.74 bits per heavy atom. The van der Waals surface area contributed by atoms with Crippen molar-refractivity contribution < 1.29 is 9.59 Å². The van der Waals surface area contributed by atoms with Crippen LogP contribution in [0.5, 0.6) is 0 Å². The molecule has 5 rings (SSSR count). The average Bonchev–Trinajstić information content (AvgIpc) is 3.51. The first kappa shape index (κ1) is 27.7. The number of hydrogen-bond donors (Lipinski definition) is 2. The van der Waals surface area contributed by atoms with Gasteiger partial charge in [-0.25, -0.2) is 4.98 Å². The summed E-state index contributed by atoms with van der Waals surface area (Å²) in [5.41, 5.74) is 1.69. The van der Waals surface area contributed by atoms with Gasteiger partial charge < -0.3 is 10.6 Å². The minimum Gasteiger partial charge on any atom is -0.345 e. The molecule has 8 nitrogen and oxygen atoms in total. The number of hydrogen-bond acceptors (Lipinski definition) is 7. The van der Waals surface area contributed by atoms with E-state index in [1.165, 1.54) is 35.2 Å². The van der Waals surface area contributed by atoms with E-state index >= 15 is 0 Å². The molecule has 0 atom stereocenters. The summed E-state index contributed by atoms with van der Waals surface area (Å²) in [4.78, 5) is 29.9. The summed E-state index contributed by atoms with van der Waals surface area (Å²) >= 11 is 27.0. The molecule has 2 aromatic heterocycles. The topological polar surface area (TPSA) is 102 Å². The monoisotopic (exact) mass is 636 g/mol. The van der Waals surface area contributed by atoms with Crippen LogP contribution in [0.1, 0.15) is 16.2 Å². The molecule has 39 heavy (non-hydrogen) atoms. The second-order valence-electron chi connectivity index (χ2n) is 7.96. The lowest BCUT2D eigenvalue weighted by Gasteiger charge is -2.12. The summed E-state index contributed by atoms with van der Waals surface area (Å²) in [6, 6.07) is 17.3. The fourth-order valence-electron chi connectivity index (χ4n) is 3.53. The summed E-state index contributed by atoms with van der Waals surface area (Å²) < 4.78 is 2.67. The Kier molecular flexibility index (Phi) is 8.61. The van der Waals surface area contributed by atoms with Crippen molar-refractivity contribution in [1.29, 1.82) is 0 Å². The van der Waals surface area contributed by atoms with Crippen molar-refractivity contribution in [3.63, 3.8) is 0 Å². The third-order valence-corrected chi connectivity index (χ3v) is 8.48. The van der Waals surface area contributed by atoms with Crippen molar-refractivity contribution in [3.8, 4) is 5.69 Å². The van der Waals surface area contributed by atoms with Gasteiger partial charge in [-0.1, -0.05) is 81.6 Å². The molecule has 0 saturated heterocycles. The highest BCUT2D eigenvalue weighted by atomic mass is 35.5. The molecule has 2 N–H and O–H groups in total. The molecule has 3 aromatic carbocycles. The highest BCUT2D eigenvalue weighted by Crippen LogP contribution is 2.29. The zero-order chi connectivity index (χ0) is 27.5. The van der Waals surface area contributed by atoms with Crippen LogP contribution in [-0.4, -0.2) is 37.3 Å². The minimum atomic E-state index is -0.412. The van der Waals surface area contributed by atoms with Crippen molar-refractivity contribution in [2.24, 2.45) is 0 Å². The van der Waals surface area contributed by atoms with Gasteiger partial charge in [0.25, 0.3) is 5.91 Å². The Morgan fingerprint density at radius 1 is 0.923 bits per heavy atom. The lowest BCUT2D eigenvalue weighted by molar-refractivity contribution is -0.113. The van der Waals surface area contributed by atoms with Gasteiger partial charge in [0, 0.05) is 5.02 Å². The molecule has 0 unspecified atom stereocenters. The molecule has 5 aromatic rings. The van der Waals surface area contributed by atoms with Crippen LogP contribution in [0.2, 0.25) is 20.1 Å². The normalized spacial score (nSPS) is 11.1. The van der Waals surface area contributed by atoms with Crippen LogP contribution in [-0.2, 0) is 11.3 Å². The largest absolute Gasteiger partial charge is 0.345 e. The van der Waals surface area contributed by atoms with E-state index in [0.29, 0.717) is 36.9 Å². The van der Waals surface area contributed by atoms with Gasteiger partial charge >= 0.3 is 0 Å². The van der Waals surface area contributed by atoms with Gasteiger partial charge in [-0.2, -0.15) is 0 Å². The number of fused-ring (bicyclic) bond motifs is 1. The van der Waals surface area contributed by atoms with E-state index in [-0.39, 0.29) is 28.8 Å². The number of nitrogens with zero attached hydrogens (tertiary/aromatic N) is 4. The van der Waals surface area contributed by atoms with Crippen LogP contribution in [0, 0.1) is 0 Å². The molecule has 0 fully saturated rings. The number of aromatic nitrogens is 4. The number of carbonyl (C=O) groups excluding carboxylic acids is 2. The maximum absolute atomic E-state index is 12.8. The van der Waals surface area contributed by atoms with Crippen molar-refractivity contribution in [2.45, 2.75) is 11.7 Å². The van der Waals surface area contributed by atoms with Crippen molar-refractivity contribution in [1.82, 2.24) is 25.1 Å². The Morgan fingerprint density at radius 3 is 2.51 bits per heavy atom. The van der Waals surface area contributed by atoms with Crippen LogP contribution in [0.3, 0.4) is 0 Å². The highest BCUT2D eigenvalue weighted by molar-refractivity contribution is 7.99. The minimum absolute atomic E-state index is 0.0174. The van der Waals surface area contributed by atoms with E-state index in [1.54, 1.807) is 28.8 Å². The van der Waals surface area contributed by atoms with E-state index in [4.69, 9.17) is 46.4 Å². The number of para-hydroxylation sites is 1. The molecule has 0 aliphatic heterocycles. The molecule has 0 aliphatic rings. The van der Waals surface area contributed by atoms with Crippen LogP contribution in [0.25, 0.3) is 15.9 Å². The van der Waals surface area contributed by atoms with Gasteiger partial charge in [0.2, 0.25) is 5.91 Å². The molecule has 0 aliphatic carbocycles. The highest BCUT2D eigenvalue weighted by Gasteiger charge is 2.19. The van der Waals surface area contributed by atoms with Crippen LogP contribution in [0.15, 0.2) is 65.8 Å². The predicted octanol–water partition coefficient (Wildman–Crippen LogP) is 7.15. The standard InChI is InChI=1S/C25H16Cl4N6O2S2/c26-13-5-7-15(17(28)9-13)23(37)30-11-21-33-34-25(35(21)14-6-8-16(27)18(29)10-14)38-12-22(36)32-24-31-19-3-1-2-4-20(19)39-24/h1-10H,11-12H2,(H,30,37)(H,31,32,36). The molecular weight excluding hydrogens is 622 g/mol. The number of thioether (sulfide) groups is 1.